The zero-order valence-corrected chi connectivity index (χ0v) is 14.2. The van der Waals surface area contributed by atoms with Crippen LogP contribution in [0.1, 0.15) is 36.0 Å². The molecule has 0 aliphatic carbocycles. The Morgan fingerprint density at radius 3 is 2.79 bits per heavy atom. The van der Waals surface area contributed by atoms with Gasteiger partial charge in [0.15, 0.2) is 17.8 Å². The molecule has 0 radical (unpaired) electrons. The molecule has 1 heterocycles. The lowest BCUT2D eigenvalue weighted by Gasteiger charge is -2.15. The normalized spacial score (nSPS) is 18.0. The van der Waals surface area contributed by atoms with E-state index in [0.29, 0.717) is 48.2 Å². The third kappa shape index (κ3) is 4.64. The Morgan fingerprint density at radius 2 is 2.17 bits per heavy atom. The molecule has 130 valence electrons. The number of benzene rings is 1. The maximum absolute atomic E-state index is 11.3. The molecule has 0 aromatic heterocycles. The number of carbonyl (C=O) groups is 2. The maximum Gasteiger partial charge on any atom is 0.163 e. The van der Waals surface area contributed by atoms with Crippen molar-refractivity contribution in [2.45, 2.75) is 31.7 Å². The van der Waals surface area contributed by atoms with Gasteiger partial charge in [-0.15, -0.1) is 0 Å². The highest BCUT2D eigenvalue weighted by molar-refractivity contribution is 5.87. The van der Waals surface area contributed by atoms with E-state index in [4.69, 9.17) is 9.47 Å². The van der Waals surface area contributed by atoms with E-state index < -0.39 is 0 Å². The summed E-state index contributed by atoms with van der Waals surface area (Å²) in [5.74, 6) is 1.01. The lowest BCUT2D eigenvalue weighted by atomic mass is 10.1. The Bertz CT molecular complexity index is 601. The second-order valence-electron chi connectivity index (χ2n) is 5.81. The summed E-state index contributed by atoms with van der Waals surface area (Å²) in [5.41, 5.74) is 1.03. The highest BCUT2D eigenvalue weighted by atomic mass is 16.5. The topological polar surface area (TPSA) is 68.2 Å². The number of ether oxygens (including phenoxy) is 2. The van der Waals surface area contributed by atoms with E-state index in [1.807, 2.05) is 6.21 Å². The number of carbonyl (C=O) groups excluding carboxylic acids is 2. The fourth-order valence-corrected chi connectivity index (χ4v) is 2.68. The first-order chi connectivity index (χ1) is 11.7. The van der Waals surface area contributed by atoms with Crippen molar-refractivity contribution >= 4 is 24.5 Å². The number of rotatable bonds is 9. The number of hydrogen-bond donors (Lipinski definition) is 0. The summed E-state index contributed by atoms with van der Waals surface area (Å²) in [5, 5.41) is 0. The van der Waals surface area contributed by atoms with Gasteiger partial charge < -0.3 is 14.3 Å². The molecule has 6 nitrogen and oxygen atoms in total. The molecule has 24 heavy (non-hydrogen) atoms. The maximum atomic E-state index is 11.3. The van der Waals surface area contributed by atoms with Crippen molar-refractivity contribution < 1.29 is 19.1 Å². The summed E-state index contributed by atoms with van der Waals surface area (Å²) in [6.07, 6.45) is 6.83. The van der Waals surface area contributed by atoms with Crippen LogP contribution in [0.3, 0.4) is 0 Å². The first-order valence-corrected chi connectivity index (χ1v) is 8.17. The predicted molar refractivity (Wildman–Crippen MR) is 93.0 cm³/mol. The van der Waals surface area contributed by atoms with Gasteiger partial charge in [0.1, 0.15) is 6.29 Å². The standard InChI is InChI=1S/C18H24N2O4/c1-20-7-5-6-15(20)12-19-16-11-18(24-9-4-3-8-21)17(23-2)10-14(16)13-22/h8,10-13,15H,3-7,9H2,1-2H3/b19-12-. The van der Waals surface area contributed by atoms with E-state index in [9.17, 15) is 9.59 Å². The minimum atomic E-state index is 0.295. The Morgan fingerprint density at radius 1 is 1.33 bits per heavy atom. The predicted octanol–water partition coefficient (Wildman–Crippen LogP) is 2.66. The summed E-state index contributed by atoms with van der Waals surface area (Å²) in [6.45, 7) is 1.47. The molecule has 0 spiro atoms. The molecular weight excluding hydrogens is 308 g/mol. The number of methoxy groups -OCH3 is 1. The molecule has 1 aliphatic rings. The summed E-state index contributed by atoms with van der Waals surface area (Å²) in [4.78, 5) is 28.5. The van der Waals surface area contributed by atoms with Crippen molar-refractivity contribution in [3.05, 3.63) is 17.7 Å². The monoisotopic (exact) mass is 332 g/mol. The van der Waals surface area contributed by atoms with Gasteiger partial charge in [0, 0.05) is 30.3 Å². The van der Waals surface area contributed by atoms with E-state index in [0.717, 1.165) is 32.0 Å². The van der Waals surface area contributed by atoms with Crippen LogP contribution in [0, 0.1) is 0 Å². The van der Waals surface area contributed by atoms with Crippen LogP contribution in [0.15, 0.2) is 17.1 Å². The van der Waals surface area contributed by atoms with Crippen LogP contribution in [-0.4, -0.2) is 57.0 Å². The molecular formula is C18H24N2O4. The fraction of sp³-hybridized carbons (Fsp3) is 0.500. The molecule has 0 saturated carbocycles. The van der Waals surface area contributed by atoms with E-state index >= 15 is 0 Å². The molecule has 0 N–H and O–H groups in total. The third-order valence-corrected chi connectivity index (χ3v) is 4.13. The van der Waals surface area contributed by atoms with Crippen LogP contribution >= 0.6 is 0 Å². The summed E-state index contributed by atoms with van der Waals surface area (Å²) in [7, 11) is 3.60. The highest BCUT2D eigenvalue weighted by Crippen LogP contribution is 2.34. The lowest BCUT2D eigenvalue weighted by Crippen LogP contribution is -2.25. The molecule has 1 aromatic carbocycles. The molecule has 2 rings (SSSR count). The van der Waals surface area contributed by atoms with Crippen LogP contribution in [0.2, 0.25) is 0 Å². The van der Waals surface area contributed by atoms with Gasteiger partial charge in [0.25, 0.3) is 0 Å². The van der Waals surface area contributed by atoms with Crippen molar-refractivity contribution in [2.24, 2.45) is 4.99 Å². The highest BCUT2D eigenvalue weighted by Gasteiger charge is 2.19. The van der Waals surface area contributed by atoms with Crippen molar-refractivity contribution in [3.63, 3.8) is 0 Å². The average Bonchev–Trinajstić information content (AvgIpc) is 3.01. The number of unbranched alkanes of at least 4 members (excludes halogenated alkanes) is 1. The Hall–Kier alpha value is -2.21. The van der Waals surface area contributed by atoms with Gasteiger partial charge >= 0.3 is 0 Å². The average molecular weight is 332 g/mol. The summed E-state index contributed by atoms with van der Waals surface area (Å²) < 4.78 is 11.0. The van der Waals surface area contributed by atoms with Gasteiger partial charge in [-0.05, 0) is 38.9 Å². The lowest BCUT2D eigenvalue weighted by molar-refractivity contribution is -0.108. The van der Waals surface area contributed by atoms with E-state index in [1.165, 1.54) is 7.11 Å². The van der Waals surface area contributed by atoms with Crippen LogP contribution in [0.4, 0.5) is 5.69 Å². The quantitative estimate of drug-likeness (QED) is 0.395. The van der Waals surface area contributed by atoms with Gasteiger partial charge in [0.05, 0.1) is 19.4 Å². The Balaban J connectivity index is 2.19. The smallest absolute Gasteiger partial charge is 0.163 e. The molecule has 0 amide bonds. The van der Waals surface area contributed by atoms with Gasteiger partial charge in [-0.3, -0.25) is 14.7 Å². The summed E-state index contributed by atoms with van der Waals surface area (Å²) >= 11 is 0. The van der Waals surface area contributed by atoms with Gasteiger partial charge in [-0.1, -0.05) is 0 Å². The summed E-state index contributed by atoms with van der Waals surface area (Å²) in [6, 6.07) is 3.64. The number of likely N-dealkylation sites (tertiary alicyclic amines) is 1. The molecule has 1 unspecified atom stereocenters. The van der Waals surface area contributed by atoms with E-state index in [1.54, 1.807) is 12.1 Å². The van der Waals surface area contributed by atoms with Crippen molar-refractivity contribution in [3.8, 4) is 11.5 Å². The third-order valence-electron chi connectivity index (χ3n) is 4.13. The molecule has 1 fully saturated rings. The van der Waals surface area contributed by atoms with Gasteiger partial charge in [-0.2, -0.15) is 0 Å². The largest absolute Gasteiger partial charge is 0.493 e. The molecule has 1 aromatic rings. The molecule has 1 aliphatic heterocycles. The number of aldehydes is 2. The minimum absolute atomic E-state index is 0.295. The Labute approximate surface area is 142 Å². The van der Waals surface area contributed by atoms with Crippen molar-refractivity contribution in [1.82, 2.24) is 4.90 Å². The van der Waals surface area contributed by atoms with Crippen LogP contribution in [0.5, 0.6) is 11.5 Å². The molecule has 1 saturated heterocycles. The van der Waals surface area contributed by atoms with Crippen molar-refractivity contribution in [1.29, 1.82) is 0 Å². The number of nitrogens with zero attached hydrogens (tertiary/aromatic N) is 2. The zero-order chi connectivity index (χ0) is 17.4. The molecule has 1 atom stereocenters. The second-order valence-corrected chi connectivity index (χ2v) is 5.81. The van der Waals surface area contributed by atoms with E-state index in [2.05, 4.69) is 16.9 Å². The Kier molecular flexibility index (Phi) is 6.93. The first kappa shape index (κ1) is 18.1. The zero-order valence-electron chi connectivity index (χ0n) is 14.2. The van der Waals surface area contributed by atoms with Gasteiger partial charge in [0.2, 0.25) is 0 Å². The SMILES string of the molecule is COc1cc(C=O)c(/N=C\C2CCCN2C)cc1OCCCC=O. The van der Waals surface area contributed by atoms with E-state index in [-0.39, 0.29) is 0 Å². The molecule has 6 heteroatoms. The van der Waals surface area contributed by atoms with Gasteiger partial charge in [-0.25, -0.2) is 0 Å². The number of aliphatic imine (C=N–C) groups is 1. The molecule has 0 bridgehead atoms. The van der Waals surface area contributed by atoms with Crippen LogP contribution in [-0.2, 0) is 4.79 Å². The fourth-order valence-electron chi connectivity index (χ4n) is 2.68. The van der Waals surface area contributed by atoms with Crippen LogP contribution < -0.4 is 9.47 Å². The first-order valence-electron chi connectivity index (χ1n) is 8.17. The second kappa shape index (κ2) is 9.17. The number of hydrogen-bond acceptors (Lipinski definition) is 6. The van der Waals surface area contributed by atoms with Crippen LogP contribution in [0.25, 0.3) is 0 Å². The minimum Gasteiger partial charge on any atom is -0.493 e. The van der Waals surface area contributed by atoms with Crippen molar-refractivity contribution in [2.75, 3.05) is 27.3 Å².